The van der Waals surface area contributed by atoms with Crippen LogP contribution >= 0.6 is 0 Å². The highest BCUT2D eigenvalue weighted by molar-refractivity contribution is 5.36. The van der Waals surface area contributed by atoms with E-state index in [9.17, 15) is 0 Å². The van der Waals surface area contributed by atoms with Crippen molar-refractivity contribution in [2.45, 2.75) is 118 Å². The number of terminal acetylenes is 1. The number of benzene rings is 1. The highest BCUT2D eigenvalue weighted by Crippen LogP contribution is 2.36. The molecule has 2 N–H and O–H groups in total. The molecule has 0 saturated heterocycles. The molecule has 0 heterocycles. The van der Waals surface area contributed by atoms with E-state index < -0.39 is 0 Å². The highest BCUT2D eigenvalue weighted by atomic mass is 14.6. The Morgan fingerprint density at radius 3 is 2.39 bits per heavy atom. The fraction of sp³-hybridized carbons (Fsp3) is 0.625. The summed E-state index contributed by atoms with van der Waals surface area (Å²) in [5.41, 5.74) is 12.2. The van der Waals surface area contributed by atoms with E-state index in [1.807, 2.05) is 27.7 Å². The predicted molar refractivity (Wildman–Crippen MR) is 151 cm³/mol. The normalized spacial score (nSPS) is 21.9. The van der Waals surface area contributed by atoms with Crippen LogP contribution in [0.4, 0.5) is 0 Å². The molecule has 1 saturated carbocycles. The molecule has 1 aromatic rings. The summed E-state index contributed by atoms with van der Waals surface area (Å²) in [4.78, 5) is 0. The van der Waals surface area contributed by atoms with Crippen molar-refractivity contribution in [3.05, 3.63) is 59.2 Å². The van der Waals surface area contributed by atoms with Crippen LogP contribution in [-0.2, 0) is 12.8 Å². The Balaban J connectivity index is 0.00000158. The van der Waals surface area contributed by atoms with Crippen LogP contribution < -0.4 is 5.73 Å². The number of rotatable bonds is 8. The summed E-state index contributed by atoms with van der Waals surface area (Å²) < 4.78 is 0. The lowest BCUT2D eigenvalue weighted by Gasteiger charge is -2.26. The second kappa shape index (κ2) is 18.6. The van der Waals surface area contributed by atoms with E-state index in [1.54, 1.807) is 16.7 Å². The Morgan fingerprint density at radius 1 is 1.09 bits per heavy atom. The number of nitrogens with two attached hydrogens (primary N) is 1. The molecule has 0 aliphatic heterocycles. The van der Waals surface area contributed by atoms with Gasteiger partial charge in [-0.3, -0.25) is 0 Å². The maximum atomic E-state index is 6.11. The minimum absolute atomic E-state index is 0.425. The van der Waals surface area contributed by atoms with Crippen LogP contribution in [0.5, 0.6) is 0 Å². The largest absolute Gasteiger partial charge is 0.328 e. The zero-order valence-corrected chi connectivity index (χ0v) is 22.7. The molecule has 4 unspecified atom stereocenters. The third-order valence-electron chi connectivity index (χ3n) is 6.99. The third kappa shape index (κ3) is 11.3. The van der Waals surface area contributed by atoms with Crippen molar-refractivity contribution in [3.63, 3.8) is 0 Å². The van der Waals surface area contributed by atoms with Gasteiger partial charge >= 0.3 is 0 Å². The first-order valence-electron chi connectivity index (χ1n) is 13.5. The van der Waals surface area contributed by atoms with Gasteiger partial charge in [0.1, 0.15) is 0 Å². The number of unbranched alkanes of at least 4 members (excludes halogenated alkanes) is 1. The Labute approximate surface area is 207 Å². The van der Waals surface area contributed by atoms with E-state index in [4.69, 9.17) is 5.73 Å². The van der Waals surface area contributed by atoms with Gasteiger partial charge in [-0.05, 0) is 106 Å². The summed E-state index contributed by atoms with van der Waals surface area (Å²) in [6, 6.07) is 7.77. The zero-order valence-electron chi connectivity index (χ0n) is 22.7. The van der Waals surface area contributed by atoms with E-state index in [0.29, 0.717) is 17.9 Å². The van der Waals surface area contributed by atoms with Gasteiger partial charge in [0, 0.05) is 6.04 Å². The van der Waals surface area contributed by atoms with Gasteiger partial charge in [-0.1, -0.05) is 77.1 Å². The monoisotopic (exact) mass is 451 g/mol. The van der Waals surface area contributed by atoms with Crippen molar-refractivity contribution in [2.75, 3.05) is 0 Å². The number of hydrogen-bond acceptors (Lipinski definition) is 1. The fourth-order valence-electron chi connectivity index (χ4n) is 4.81. The summed E-state index contributed by atoms with van der Waals surface area (Å²) in [6.45, 7) is 16.4. The van der Waals surface area contributed by atoms with Gasteiger partial charge in [-0.15, -0.1) is 12.8 Å². The van der Waals surface area contributed by atoms with E-state index in [-0.39, 0.29) is 0 Å². The standard InChI is InChI=1S/C26H39N.2C2H6.C2H2/c1-19(2)20(3)8-6-4-5-7-9-21-10-11-23-17-24(13-12-22(23)16-21)25-14-15-26(27)18-25;3*1-2/h4,6,12-13,17,20-21,25-26H,1,5,7-11,14-16,18,27H2,2-3H3;2*1-2H3;1-2H/b6-4-;;;. The molecule has 3 rings (SSSR count). The molecule has 1 heteroatoms. The molecule has 0 aromatic heterocycles. The third-order valence-corrected chi connectivity index (χ3v) is 6.99. The van der Waals surface area contributed by atoms with Crippen molar-refractivity contribution in [1.82, 2.24) is 0 Å². The SMILES string of the molecule is C#C.C=C(C)C(C)C/C=C\CCCC1CCc2cc(C3CCC(N)C3)ccc2C1.CC.CC. The van der Waals surface area contributed by atoms with Crippen molar-refractivity contribution >= 4 is 0 Å². The molecule has 33 heavy (non-hydrogen) atoms. The number of aryl methyl sites for hydroxylation is 1. The predicted octanol–water partition coefficient (Wildman–Crippen LogP) is 9.02. The first-order valence-corrected chi connectivity index (χ1v) is 13.5. The molecule has 2 aliphatic rings. The minimum Gasteiger partial charge on any atom is -0.328 e. The quantitative estimate of drug-likeness (QED) is 0.238. The summed E-state index contributed by atoms with van der Waals surface area (Å²) in [5.74, 6) is 2.20. The van der Waals surface area contributed by atoms with Gasteiger partial charge in [0.05, 0.1) is 0 Å². The molecular weight excluding hydrogens is 398 g/mol. The Kier molecular flexibility index (Phi) is 17.6. The van der Waals surface area contributed by atoms with Crippen molar-refractivity contribution in [1.29, 1.82) is 0 Å². The van der Waals surface area contributed by atoms with Crippen molar-refractivity contribution < 1.29 is 0 Å². The number of hydrogen-bond donors (Lipinski definition) is 1. The minimum atomic E-state index is 0.425. The van der Waals surface area contributed by atoms with Crippen LogP contribution in [0.3, 0.4) is 0 Å². The average Bonchev–Trinajstić information content (AvgIpc) is 3.30. The van der Waals surface area contributed by atoms with E-state index >= 15 is 0 Å². The van der Waals surface area contributed by atoms with Crippen LogP contribution in [0.15, 0.2) is 42.5 Å². The molecule has 0 amide bonds. The second-order valence-electron chi connectivity index (χ2n) is 9.29. The van der Waals surface area contributed by atoms with Gasteiger partial charge in [-0.25, -0.2) is 0 Å². The molecule has 0 bridgehead atoms. The highest BCUT2D eigenvalue weighted by Gasteiger charge is 2.25. The molecule has 1 aromatic carbocycles. The molecule has 0 spiro atoms. The average molecular weight is 452 g/mol. The summed E-state index contributed by atoms with van der Waals surface area (Å²) in [7, 11) is 0. The van der Waals surface area contributed by atoms with E-state index in [2.05, 4.69) is 63.6 Å². The molecule has 2 aliphatic carbocycles. The maximum absolute atomic E-state index is 6.11. The lowest BCUT2D eigenvalue weighted by Crippen LogP contribution is -2.16. The lowest BCUT2D eigenvalue weighted by molar-refractivity contribution is 0.416. The summed E-state index contributed by atoms with van der Waals surface area (Å²) in [6.07, 6.45) is 25.4. The zero-order chi connectivity index (χ0) is 25.2. The van der Waals surface area contributed by atoms with Crippen LogP contribution in [0.25, 0.3) is 0 Å². The van der Waals surface area contributed by atoms with Crippen LogP contribution in [0.2, 0.25) is 0 Å². The van der Waals surface area contributed by atoms with E-state index in [0.717, 1.165) is 12.3 Å². The molecule has 4 atom stereocenters. The second-order valence-corrected chi connectivity index (χ2v) is 9.29. The van der Waals surface area contributed by atoms with Gasteiger partial charge < -0.3 is 5.73 Å². The molecule has 186 valence electrons. The lowest BCUT2D eigenvalue weighted by atomic mass is 9.80. The number of fused-ring (bicyclic) bond motifs is 1. The molecule has 0 radical (unpaired) electrons. The molecule has 1 nitrogen and oxygen atoms in total. The summed E-state index contributed by atoms with van der Waals surface area (Å²) >= 11 is 0. The Morgan fingerprint density at radius 2 is 1.79 bits per heavy atom. The Bertz CT molecular complexity index is 696. The van der Waals surface area contributed by atoms with Crippen molar-refractivity contribution in [2.24, 2.45) is 17.6 Å². The van der Waals surface area contributed by atoms with Crippen LogP contribution in [-0.4, -0.2) is 6.04 Å². The topological polar surface area (TPSA) is 26.0 Å². The number of allylic oxidation sites excluding steroid dienone is 3. The van der Waals surface area contributed by atoms with Crippen LogP contribution in [0.1, 0.15) is 116 Å². The van der Waals surface area contributed by atoms with Gasteiger partial charge in [0.2, 0.25) is 0 Å². The molecule has 1 fully saturated rings. The smallest absolute Gasteiger partial charge is 0.00448 e. The first-order chi connectivity index (χ1) is 16.0. The maximum Gasteiger partial charge on any atom is 0.00448 e. The summed E-state index contributed by atoms with van der Waals surface area (Å²) in [5, 5.41) is 0. The van der Waals surface area contributed by atoms with Crippen molar-refractivity contribution in [3.8, 4) is 12.8 Å². The van der Waals surface area contributed by atoms with Gasteiger partial charge in [0.15, 0.2) is 0 Å². The van der Waals surface area contributed by atoms with Gasteiger partial charge in [0.25, 0.3) is 0 Å². The van der Waals surface area contributed by atoms with Crippen LogP contribution in [0, 0.1) is 24.7 Å². The fourth-order valence-corrected chi connectivity index (χ4v) is 4.81. The van der Waals surface area contributed by atoms with Gasteiger partial charge in [-0.2, -0.15) is 0 Å². The molecular formula is C32H53N. The Hall–Kier alpha value is -1.78. The van der Waals surface area contributed by atoms with E-state index in [1.165, 1.54) is 63.4 Å². The first kappa shape index (κ1) is 31.2.